The molecule has 1 amide bonds. The van der Waals surface area contributed by atoms with Crippen LogP contribution < -0.4 is 16.4 Å². The Kier molecular flexibility index (Phi) is 3.66. The Hall–Kier alpha value is -2.28. The molecule has 0 spiro atoms. The molecule has 1 fully saturated rings. The first-order chi connectivity index (χ1) is 10.1. The van der Waals surface area contributed by atoms with Crippen molar-refractivity contribution in [3.8, 4) is 0 Å². The molecule has 1 aromatic heterocycles. The largest absolute Gasteiger partial charge is 0.399 e. The van der Waals surface area contributed by atoms with Gasteiger partial charge in [0.1, 0.15) is 0 Å². The predicted octanol–water partition coefficient (Wildman–Crippen LogP) is 1.27. The average molecular weight is 303 g/mol. The molecule has 0 radical (unpaired) electrons. The van der Waals surface area contributed by atoms with Gasteiger partial charge in [0, 0.05) is 49.1 Å². The highest BCUT2D eigenvalue weighted by molar-refractivity contribution is 7.13. The number of carbonyl (C=O) groups excluding carboxylic acids is 1. The normalized spacial score (nSPS) is 15.2. The van der Waals surface area contributed by atoms with Crippen LogP contribution in [0.3, 0.4) is 0 Å². The second kappa shape index (κ2) is 5.61. The van der Waals surface area contributed by atoms with E-state index in [1.807, 2.05) is 10.3 Å². The predicted molar refractivity (Wildman–Crippen MR) is 85.5 cm³/mol. The number of nitrogens with two attached hydrogens (primary N) is 2. The maximum absolute atomic E-state index is 12.5. The van der Waals surface area contributed by atoms with Gasteiger partial charge in [0.2, 0.25) is 0 Å². The first kappa shape index (κ1) is 13.7. The van der Waals surface area contributed by atoms with E-state index in [1.54, 1.807) is 35.7 Å². The number of anilines is 3. The summed E-state index contributed by atoms with van der Waals surface area (Å²) in [6.07, 6.45) is 1.80. The van der Waals surface area contributed by atoms with Gasteiger partial charge in [-0.1, -0.05) is 0 Å². The van der Waals surface area contributed by atoms with Crippen LogP contribution in [0.4, 0.5) is 16.5 Å². The van der Waals surface area contributed by atoms with Gasteiger partial charge in [0.15, 0.2) is 5.13 Å². The summed E-state index contributed by atoms with van der Waals surface area (Å²) in [5, 5.41) is 2.97. The zero-order chi connectivity index (χ0) is 14.8. The minimum Gasteiger partial charge on any atom is -0.399 e. The van der Waals surface area contributed by atoms with E-state index < -0.39 is 0 Å². The topological polar surface area (TPSA) is 88.5 Å². The van der Waals surface area contributed by atoms with Gasteiger partial charge in [-0.05, 0) is 18.2 Å². The minimum atomic E-state index is -0.0358. The maximum Gasteiger partial charge on any atom is 0.256 e. The third kappa shape index (κ3) is 2.78. The Bertz CT molecular complexity index is 635. The Morgan fingerprint density at radius 2 is 1.95 bits per heavy atom. The molecule has 110 valence electrons. The standard InChI is InChI=1S/C14H17N5OS/c15-10-1-2-11(12(16)9-10)13(20)18-4-6-19(7-5-18)14-17-3-8-21-14/h1-3,8-9H,4-7,15-16H2. The first-order valence-electron chi connectivity index (χ1n) is 6.74. The van der Waals surface area contributed by atoms with Crippen LogP contribution in [-0.2, 0) is 0 Å². The summed E-state index contributed by atoms with van der Waals surface area (Å²) in [6.45, 7) is 2.91. The lowest BCUT2D eigenvalue weighted by Gasteiger charge is -2.34. The number of nitrogen functional groups attached to an aromatic ring is 2. The molecule has 4 N–H and O–H groups in total. The summed E-state index contributed by atoms with van der Waals surface area (Å²) in [4.78, 5) is 20.8. The number of nitrogens with zero attached hydrogens (tertiary/aromatic N) is 3. The SMILES string of the molecule is Nc1ccc(C(=O)N2CCN(c3nccs3)CC2)c(N)c1. The van der Waals surface area contributed by atoms with E-state index in [0.717, 1.165) is 18.2 Å². The zero-order valence-electron chi connectivity index (χ0n) is 11.5. The molecule has 1 aliphatic rings. The van der Waals surface area contributed by atoms with Crippen molar-refractivity contribution in [2.75, 3.05) is 42.5 Å². The van der Waals surface area contributed by atoms with Crippen molar-refractivity contribution in [1.82, 2.24) is 9.88 Å². The lowest BCUT2D eigenvalue weighted by molar-refractivity contribution is 0.0748. The third-order valence-corrected chi connectivity index (χ3v) is 4.39. The number of carbonyl (C=O) groups is 1. The van der Waals surface area contributed by atoms with Crippen molar-refractivity contribution in [2.24, 2.45) is 0 Å². The molecule has 0 unspecified atom stereocenters. The number of rotatable bonds is 2. The van der Waals surface area contributed by atoms with Gasteiger partial charge in [0.25, 0.3) is 5.91 Å². The van der Waals surface area contributed by atoms with E-state index in [9.17, 15) is 4.79 Å². The third-order valence-electron chi connectivity index (χ3n) is 3.56. The van der Waals surface area contributed by atoms with Gasteiger partial charge in [0.05, 0.1) is 5.56 Å². The van der Waals surface area contributed by atoms with Crippen LogP contribution in [0.15, 0.2) is 29.8 Å². The van der Waals surface area contributed by atoms with Crippen LogP contribution in [0.2, 0.25) is 0 Å². The van der Waals surface area contributed by atoms with Crippen LogP contribution in [0, 0.1) is 0 Å². The summed E-state index contributed by atoms with van der Waals surface area (Å²) in [6, 6.07) is 5.02. The lowest BCUT2D eigenvalue weighted by Crippen LogP contribution is -2.48. The first-order valence-corrected chi connectivity index (χ1v) is 7.62. The molecule has 0 saturated carbocycles. The molecule has 0 aliphatic carbocycles. The maximum atomic E-state index is 12.5. The van der Waals surface area contributed by atoms with E-state index in [1.165, 1.54) is 0 Å². The molecule has 1 aliphatic heterocycles. The number of thiazole rings is 1. The quantitative estimate of drug-likeness (QED) is 0.816. The smallest absolute Gasteiger partial charge is 0.256 e. The molecule has 3 rings (SSSR count). The molecule has 0 atom stereocenters. The number of amides is 1. The number of hydrogen-bond acceptors (Lipinski definition) is 6. The van der Waals surface area contributed by atoms with Crippen molar-refractivity contribution in [2.45, 2.75) is 0 Å². The highest BCUT2D eigenvalue weighted by atomic mass is 32.1. The van der Waals surface area contributed by atoms with Crippen LogP contribution in [-0.4, -0.2) is 42.0 Å². The van der Waals surface area contributed by atoms with E-state index >= 15 is 0 Å². The van der Waals surface area contributed by atoms with Crippen molar-refractivity contribution in [1.29, 1.82) is 0 Å². The highest BCUT2D eigenvalue weighted by Gasteiger charge is 2.24. The lowest BCUT2D eigenvalue weighted by atomic mass is 10.1. The molecule has 1 saturated heterocycles. The fraction of sp³-hybridized carbons (Fsp3) is 0.286. The molecule has 2 heterocycles. The van der Waals surface area contributed by atoms with E-state index in [4.69, 9.17) is 11.5 Å². The molecule has 21 heavy (non-hydrogen) atoms. The van der Waals surface area contributed by atoms with Gasteiger partial charge in [-0.25, -0.2) is 4.98 Å². The van der Waals surface area contributed by atoms with Crippen LogP contribution in [0.1, 0.15) is 10.4 Å². The van der Waals surface area contributed by atoms with E-state index in [0.29, 0.717) is 30.0 Å². The van der Waals surface area contributed by atoms with Crippen molar-refractivity contribution in [3.05, 3.63) is 35.3 Å². The highest BCUT2D eigenvalue weighted by Crippen LogP contribution is 2.21. The second-order valence-corrected chi connectivity index (χ2v) is 5.81. The molecular formula is C14H17N5OS. The summed E-state index contributed by atoms with van der Waals surface area (Å²) in [5.41, 5.74) is 13.1. The monoisotopic (exact) mass is 303 g/mol. The van der Waals surface area contributed by atoms with Crippen LogP contribution in [0.25, 0.3) is 0 Å². The fourth-order valence-corrected chi connectivity index (χ4v) is 3.12. The molecule has 2 aromatic rings. The molecular weight excluding hydrogens is 286 g/mol. The fourth-order valence-electron chi connectivity index (χ4n) is 2.42. The minimum absolute atomic E-state index is 0.0358. The Balaban J connectivity index is 1.67. The second-order valence-electron chi connectivity index (χ2n) is 4.94. The number of hydrogen-bond donors (Lipinski definition) is 2. The Morgan fingerprint density at radius 1 is 1.19 bits per heavy atom. The molecule has 7 heteroatoms. The van der Waals surface area contributed by atoms with Gasteiger partial charge >= 0.3 is 0 Å². The average Bonchev–Trinajstić information content (AvgIpc) is 3.01. The van der Waals surface area contributed by atoms with E-state index in [-0.39, 0.29) is 5.91 Å². The van der Waals surface area contributed by atoms with Crippen molar-refractivity contribution in [3.63, 3.8) is 0 Å². The van der Waals surface area contributed by atoms with Gasteiger partial charge < -0.3 is 21.3 Å². The molecule has 6 nitrogen and oxygen atoms in total. The summed E-state index contributed by atoms with van der Waals surface area (Å²) in [5.74, 6) is -0.0358. The van der Waals surface area contributed by atoms with Crippen molar-refractivity contribution < 1.29 is 4.79 Å². The zero-order valence-corrected chi connectivity index (χ0v) is 12.3. The summed E-state index contributed by atoms with van der Waals surface area (Å²) >= 11 is 1.62. The summed E-state index contributed by atoms with van der Waals surface area (Å²) in [7, 11) is 0. The van der Waals surface area contributed by atoms with Crippen molar-refractivity contribution >= 4 is 33.8 Å². The van der Waals surface area contributed by atoms with E-state index in [2.05, 4.69) is 9.88 Å². The Labute approximate surface area is 127 Å². The Morgan fingerprint density at radius 3 is 2.57 bits per heavy atom. The number of benzene rings is 1. The number of piperazine rings is 1. The molecule has 0 bridgehead atoms. The molecule has 1 aromatic carbocycles. The van der Waals surface area contributed by atoms with Crippen LogP contribution in [0.5, 0.6) is 0 Å². The number of aromatic nitrogens is 1. The van der Waals surface area contributed by atoms with Gasteiger partial charge in [-0.3, -0.25) is 4.79 Å². The summed E-state index contributed by atoms with van der Waals surface area (Å²) < 4.78 is 0. The van der Waals surface area contributed by atoms with Gasteiger partial charge in [-0.15, -0.1) is 11.3 Å². The van der Waals surface area contributed by atoms with Gasteiger partial charge in [-0.2, -0.15) is 0 Å². The van der Waals surface area contributed by atoms with Crippen LogP contribution >= 0.6 is 11.3 Å².